The zero-order chi connectivity index (χ0) is 13.1. The lowest BCUT2D eigenvalue weighted by Gasteiger charge is -2.09. The summed E-state index contributed by atoms with van der Waals surface area (Å²) in [4.78, 5) is 11.2. The highest BCUT2D eigenvalue weighted by Crippen LogP contribution is 2.25. The smallest absolute Gasteiger partial charge is 0.250 e. The summed E-state index contributed by atoms with van der Waals surface area (Å²) in [6.45, 7) is 0.553. The number of hydrogen-bond donors (Lipinski definition) is 1. The van der Waals surface area contributed by atoms with E-state index in [9.17, 15) is 4.79 Å². The van der Waals surface area contributed by atoms with Gasteiger partial charge in [-0.25, -0.2) is 0 Å². The minimum absolute atomic E-state index is 0.0404. The molecule has 2 aromatic rings. The van der Waals surface area contributed by atoms with Crippen molar-refractivity contribution < 1.29 is 0 Å². The summed E-state index contributed by atoms with van der Waals surface area (Å²) in [5, 5.41) is 4.28. The Labute approximate surface area is 115 Å². The maximum atomic E-state index is 11.2. The molecule has 0 radical (unpaired) electrons. The monoisotopic (exact) mass is 282 g/mol. The molecular weight excluding hydrogens is 271 g/mol. The number of halogens is 2. The lowest BCUT2D eigenvalue weighted by atomic mass is 10.2. The summed E-state index contributed by atoms with van der Waals surface area (Å²) < 4.78 is 1.52. The van der Waals surface area contributed by atoms with E-state index in [0.29, 0.717) is 16.6 Å². The van der Waals surface area contributed by atoms with Gasteiger partial charge in [-0.2, -0.15) is 0 Å². The molecule has 0 aliphatic rings. The van der Waals surface area contributed by atoms with Crippen molar-refractivity contribution in [1.29, 1.82) is 0 Å². The molecule has 1 N–H and O–H groups in total. The molecule has 3 nitrogen and oxygen atoms in total. The lowest BCUT2D eigenvalue weighted by Crippen LogP contribution is -2.15. The molecule has 0 aliphatic carbocycles. The Bertz CT molecular complexity index is 623. The number of nitrogens with one attached hydrogen (secondary N) is 1. The molecule has 0 saturated heterocycles. The third kappa shape index (κ3) is 2.86. The topological polar surface area (TPSA) is 34.0 Å². The molecule has 1 heterocycles. The number of aromatic nitrogens is 1. The van der Waals surface area contributed by atoms with Crippen molar-refractivity contribution in [3.63, 3.8) is 0 Å². The maximum absolute atomic E-state index is 11.2. The Morgan fingerprint density at radius 2 is 2.00 bits per heavy atom. The highest BCUT2D eigenvalue weighted by molar-refractivity contribution is 6.42. The second-order valence-corrected chi connectivity index (χ2v) is 4.72. The average molecular weight is 283 g/mol. The highest BCUT2D eigenvalue weighted by atomic mass is 35.5. The molecule has 1 aromatic heterocycles. The van der Waals surface area contributed by atoms with Crippen LogP contribution >= 0.6 is 23.2 Å². The largest absolute Gasteiger partial charge is 0.380 e. The molecule has 0 unspecified atom stereocenters. The van der Waals surface area contributed by atoms with Gasteiger partial charge in [0.25, 0.3) is 0 Å². The molecule has 94 valence electrons. The molecule has 1 aromatic carbocycles. The van der Waals surface area contributed by atoms with Gasteiger partial charge in [0, 0.05) is 25.9 Å². The fourth-order valence-electron chi connectivity index (χ4n) is 1.58. The SMILES string of the molecule is Cn1cc(NCc2cccc(Cl)c2Cl)ccc1=O. The van der Waals surface area contributed by atoms with Crippen LogP contribution in [-0.2, 0) is 13.6 Å². The minimum atomic E-state index is -0.0404. The lowest BCUT2D eigenvalue weighted by molar-refractivity contribution is 0.859. The Morgan fingerprint density at radius 3 is 2.72 bits per heavy atom. The normalized spacial score (nSPS) is 10.4. The first-order valence-electron chi connectivity index (χ1n) is 5.41. The second kappa shape index (κ2) is 5.46. The van der Waals surface area contributed by atoms with Crippen molar-refractivity contribution >= 4 is 28.9 Å². The van der Waals surface area contributed by atoms with Gasteiger partial charge in [0.05, 0.1) is 15.7 Å². The van der Waals surface area contributed by atoms with E-state index in [2.05, 4.69) is 5.32 Å². The number of anilines is 1. The molecule has 0 bridgehead atoms. The van der Waals surface area contributed by atoms with E-state index < -0.39 is 0 Å². The number of benzene rings is 1. The maximum Gasteiger partial charge on any atom is 0.250 e. The quantitative estimate of drug-likeness (QED) is 0.937. The van der Waals surface area contributed by atoms with Crippen molar-refractivity contribution in [2.45, 2.75) is 6.54 Å². The van der Waals surface area contributed by atoms with Crippen molar-refractivity contribution in [3.8, 4) is 0 Å². The standard InChI is InChI=1S/C13H12Cl2N2O/c1-17-8-10(5-6-12(17)18)16-7-9-3-2-4-11(14)13(9)15/h2-6,8,16H,7H2,1H3. The summed E-state index contributed by atoms with van der Waals surface area (Å²) in [6.07, 6.45) is 1.74. The van der Waals surface area contributed by atoms with Crippen LogP contribution < -0.4 is 10.9 Å². The number of aryl methyl sites for hydroxylation is 1. The van der Waals surface area contributed by atoms with Gasteiger partial charge in [-0.15, -0.1) is 0 Å². The average Bonchev–Trinajstić information content (AvgIpc) is 2.35. The van der Waals surface area contributed by atoms with Crippen molar-refractivity contribution in [2.24, 2.45) is 7.05 Å². The van der Waals surface area contributed by atoms with Gasteiger partial charge in [-0.05, 0) is 17.7 Å². The predicted octanol–water partition coefficient (Wildman–Crippen LogP) is 3.30. The first-order valence-corrected chi connectivity index (χ1v) is 6.17. The minimum Gasteiger partial charge on any atom is -0.380 e. The molecular formula is C13H12Cl2N2O. The van der Waals surface area contributed by atoms with Crippen molar-refractivity contribution in [1.82, 2.24) is 4.57 Å². The van der Waals surface area contributed by atoms with Gasteiger partial charge in [0.15, 0.2) is 0 Å². The second-order valence-electron chi connectivity index (χ2n) is 3.93. The van der Waals surface area contributed by atoms with Gasteiger partial charge >= 0.3 is 0 Å². The zero-order valence-electron chi connectivity index (χ0n) is 9.78. The van der Waals surface area contributed by atoms with Crippen LogP contribution in [-0.4, -0.2) is 4.57 Å². The van der Waals surface area contributed by atoms with Gasteiger partial charge in [-0.3, -0.25) is 4.79 Å². The first kappa shape index (κ1) is 13.0. The highest BCUT2D eigenvalue weighted by Gasteiger charge is 2.04. The van der Waals surface area contributed by atoms with E-state index >= 15 is 0 Å². The molecule has 2 rings (SSSR count). The Balaban J connectivity index is 2.14. The van der Waals surface area contributed by atoms with Crippen molar-refractivity contribution in [2.75, 3.05) is 5.32 Å². The molecule has 0 spiro atoms. The Morgan fingerprint density at radius 1 is 1.22 bits per heavy atom. The van der Waals surface area contributed by atoms with Crippen LogP contribution in [0.5, 0.6) is 0 Å². The van der Waals surface area contributed by atoms with Gasteiger partial charge < -0.3 is 9.88 Å². The molecule has 0 saturated carbocycles. The van der Waals surface area contributed by atoms with E-state index in [1.807, 2.05) is 12.1 Å². The van der Waals surface area contributed by atoms with E-state index in [4.69, 9.17) is 23.2 Å². The number of pyridine rings is 1. The molecule has 5 heteroatoms. The van der Waals surface area contributed by atoms with Crippen LogP contribution in [0.25, 0.3) is 0 Å². The molecule has 0 atom stereocenters. The molecule has 0 amide bonds. The Hall–Kier alpha value is -1.45. The third-order valence-corrected chi connectivity index (χ3v) is 3.46. The molecule has 0 aliphatic heterocycles. The summed E-state index contributed by atoms with van der Waals surface area (Å²) in [5.41, 5.74) is 1.73. The molecule has 0 fully saturated rings. The van der Waals surface area contributed by atoms with Crippen molar-refractivity contribution in [3.05, 3.63) is 62.5 Å². The fraction of sp³-hybridized carbons (Fsp3) is 0.154. The number of hydrogen-bond acceptors (Lipinski definition) is 2. The van der Waals surface area contributed by atoms with E-state index in [1.54, 1.807) is 25.4 Å². The van der Waals surface area contributed by atoms with Crippen LogP contribution in [0.3, 0.4) is 0 Å². The van der Waals surface area contributed by atoms with Crippen LogP contribution in [0.4, 0.5) is 5.69 Å². The summed E-state index contributed by atoms with van der Waals surface area (Å²) in [5.74, 6) is 0. The third-order valence-electron chi connectivity index (χ3n) is 2.60. The summed E-state index contributed by atoms with van der Waals surface area (Å²) in [6, 6.07) is 8.76. The van der Waals surface area contributed by atoms with Crippen LogP contribution in [0.2, 0.25) is 10.0 Å². The van der Waals surface area contributed by atoms with E-state index in [1.165, 1.54) is 10.6 Å². The van der Waals surface area contributed by atoms with Crippen LogP contribution in [0, 0.1) is 0 Å². The van der Waals surface area contributed by atoms with Gasteiger partial charge in [0.1, 0.15) is 0 Å². The van der Waals surface area contributed by atoms with E-state index in [0.717, 1.165) is 11.3 Å². The van der Waals surface area contributed by atoms with Crippen LogP contribution in [0.1, 0.15) is 5.56 Å². The number of nitrogens with zero attached hydrogens (tertiary/aromatic N) is 1. The summed E-state index contributed by atoms with van der Waals surface area (Å²) >= 11 is 12.0. The van der Waals surface area contributed by atoms with Gasteiger partial charge in [-0.1, -0.05) is 35.3 Å². The van der Waals surface area contributed by atoms with E-state index in [-0.39, 0.29) is 5.56 Å². The van der Waals surface area contributed by atoms with Gasteiger partial charge in [0.2, 0.25) is 5.56 Å². The predicted molar refractivity (Wildman–Crippen MR) is 75.5 cm³/mol. The zero-order valence-corrected chi connectivity index (χ0v) is 11.3. The number of rotatable bonds is 3. The Kier molecular flexibility index (Phi) is 3.94. The summed E-state index contributed by atoms with van der Waals surface area (Å²) in [7, 11) is 1.71. The molecule has 18 heavy (non-hydrogen) atoms. The first-order chi connectivity index (χ1) is 8.58. The fourth-order valence-corrected chi connectivity index (χ4v) is 1.97. The van der Waals surface area contributed by atoms with Crippen LogP contribution in [0.15, 0.2) is 41.3 Å².